The Morgan fingerprint density at radius 2 is 1.46 bits per heavy atom. The van der Waals surface area contributed by atoms with E-state index in [-0.39, 0.29) is 22.4 Å². The minimum Gasteiger partial charge on any atom is -0.347 e. The van der Waals surface area contributed by atoms with E-state index in [0.29, 0.717) is 5.56 Å². The van der Waals surface area contributed by atoms with Crippen LogP contribution in [0.15, 0.2) is 29.2 Å². The van der Waals surface area contributed by atoms with Gasteiger partial charge in [-0.2, -0.15) is 0 Å². The van der Waals surface area contributed by atoms with Crippen LogP contribution in [0.5, 0.6) is 0 Å². The maximum absolute atomic E-state index is 12.8. The topological polar surface area (TPSA) is 75.3 Å². The van der Waals surface area contributed by atoms with Crippen molar-refractivity contribution in [1.29, 1.82) is 0 Å². The van der Waals surface area contributed by atoms with E-state index in [1.54, 1.807) is 24.3 Å². The molecule has 0 aliphatic heterocycles. The summed E-state index contributed by atoms with van der Waals surface area (Å²) in [6, 6.07) is 6.44. The van der Waals surface area contributed by atoms with Gasteiger partial charge in [0.05, 0.1) is 4.90 Å². The first-order valence-corrected chi connectivity index (χ1v) is 11.3. The van der Waals surface area contributed by atoms with Crippen molar-refractivity contribution in [1.82, 2.24) is 10.0 Å². The van der Waals surface area contributed by atoms with E-state index in [2.05, 4.69) is 10.0 Å². The van der Waals surface area contributed by atoms with Crippen molar-refractivity contribution < 1.29 is 13.2 Å². The van der Waals surface area contributed by atoms with Crippen molar-refractivity contribution in [2.45, 2.75) is 67.8 Å². The monoisotopic (exact) mass is 374 g/mol. The van der Waals surface area contributed by atoms with Crippen LogP contribution in [0.25, 0.3) is 0 Å². The molecular weight excluding hydrogens is 348 g/mol. The molecule has 1 aromatic rings. The van der Waals surface area contributed by atoms with E-state index < -0.39 is 10.0 Å². The van der Waals surface area contributed by atoms with Crippen LogP contribution >= 0.6 is 0 Å². The first-order valence-electron chi connectivity index (χ1n) is 9.86. The lowest BCUT2D eigenvalue weighted by molar-refractivity contribution is -0.0167. The number of amides is 1. The molecule has 0 saturated heterocycles. The molecule has 26 heavy (non-hydrogen) atoms. The Morgan fingerprint density at radius 3 is 1.96 bits per heavy atom. The fourth-order valence-electron chi connectivity index (χ4n) is 5.85. The fourth-order valence-corrected chi connectivity index (χ4v) is 7.16. The zero-order chi connectivity index (χ0) is 17.9. The molecule has 140 valence electrons. The number of benzene rings is 1. The van der Waals surface area contributed by atoms with Crippen LogP contribution in [0.2, 0.25) is 0 Å². The third kappa shape index (κ3) is 3.07. The predicted molar refractivity (Wildman–Crippen MR) is 98.2 cm³/mol. The first-order chi connectivity index (χ1) is 12.4. The van der Waals surface area contributed by atoms with Gasteiger partial charge in [0.25, 0.3) is 5.91 Å². The smallest absolute Gasteiger partial charge is 0.251 e. The summed E-state index contributed by atoms with van der Waals surface area (Å²) in [7, 11) is -3.46. The van der Waals surface area contributed by atoms with Gasteiger partial charge in [-0.3, -0.25) is 4.79 Å². The molecule has 2 N–H and O–H groups in total. The highest BCUT2D eigenvalue weighted by Gasteiger charge is 2.51. The van der Waals surface area contributed by atoms with E-state index >= 15 is 0 Å². The number of carbonyl (C=O) groups excluding carboxylic acids is 1. The van der Waals surface area contributed by atoms with Crippen molar-refractivity contribution in [2.75, 3.05) is 0 Å². The van der Waals surface area contributed by atoms with Gasteiger partial charge in [-0.1, -0.05) is 0 Å². The van der Waals surface area contributed by atoms with Crippen molar-refractivity contribution in [3.63, 3.8) is 0 Å². The summed E-state index contributed by atoms with van der Waals surface area (Å²) in [5.41, 5.74) is 0.524. The Balaban J connectivity index is 1.30. The SMILES string of the molecule is O=C(NC12CC3CC(CC(C3)C1)C2)c1ccc(S(=O)(=O)NC2CC2)cc1. The Hall–Kier alpha value is -1.40. The number of nitrogens with one attached hydrogen (secondary N) is 2. The molecule has 5 aliphatic rings. The highest BCUT2D eigenvalue weighted by molar-refractivity contribution is 7.89. The summed E-state index contributed by atoms with van der Waals surface area (Å²) in [5, 5.41) is 3.34. The molecule has 5 nitrogen and oxygen atoms in total. The number of sulfonamides is 1. The van der Waals surface area contributed by atoms with E-state index in [4.69, 9.17) is 0 Å². The summed E-state index contributed by atoms with van der Waals surface area (Å²) in [5.74, 6) is 2.28. The highest BCUT2D eigenvalue weighted by atomic mass is 32.2. The van der Waals surface area contributed by atoms with Crippen molar-refractivity contribution in [3.8, 4) is 0 Å². The van der Waals surface area contributed by atoms with Gasteiger partial charge in [0, 0.05) is 17.1 Å². The molecule has 0 atom stereocenters. The molecule has 1 amide bonds. The average Bonchev–Trinajstić information content (AvgIpc) is 3.36. The Labute approximate surface area is 155 Å². The molecule has 0 spiro atoms. The lowest BCUT2D eigenvalue weighted by Gasteiger charge is -2.56. The van der Waals surface area contributed by atoms with Gasteiger partial charge in [0.15, 0.2) is 0 Å². The van der Waals surface area contributed by atoms with E-state index in [0.717, 1.165) is 49.9 Å². The second-order valence-electron chi connectivity index (χ2n) is 9.07. The summed E-state index contributed by atoms with van der Waals surface area (Å²) in [4.78, 5) is 13.0. The Morgan fingerprint density at radius 1 is 0.923 bits per heavy atom. The second-order valence-corrected chi connectivity index (χ2v) is 10.8. The number of rotatable bonds is 5. The zero-order valence-electron chi connectivity index (χ0n) is 14.9. The minimum absolute atomic E-state index is 0.0237. The van der Waals surface area contributed by atoms with Crippen LogP contribution in [0, 0.1) is 17.8 Å². The van der Waals surface area contributed by atoms with Crippen LogP contribution in [0.4, 0.5) is 0 Å². The minimum atomic E-state index is -3.46. The summed E-state index contributed by atoms with van der Waals surface area (Å²) in [6.45, 7) is 0. The standard InChI is InChI=1S/C20H26N2O3S/c23-19(21-20-10-13-7-14(11-20)9-15(8-13)12-20)16-1-5-18(6-2-16)26(24,25)22-17-3-4-17/h1-2,5-6,13-15,17,22H,3-4,7-12H2,(H,21,23). The number of hydrogen-bond donors (Lipinski definition) is 2. The van der Waals surface area contributed by atoms with Gasteiger partial charge in [0.2, 0.25) is 10.0 Å². The van der Waals surface area contributed by atoms with Gasteiger partial charge in [-0.25, -0.2) is 13.1 Å². The van der Waals surface area contributed by atoms with E-state index in [1.165, 1.54) is 19.3 Å². The number of hydrogen-bond acceptors (Lipinski definition) is 3. The lowest BCUT2D eigenvalue weighted by atomic mass is 9.53. The van der Waals surface area contributed by atoms with E-state index in [9.17, 15) is 13.2 Å². The van der Waals surface area contributed by atoms with Gasteiger partial charge < -0.3 is 5.32 Å². The van der Waals surface area contributed by atoms with Gasteiger partial charge in [-0.15, -0.1) is 0 Å². The van der Waals surface area contributed by atoms with Crippen LogP contribution < -0.4 is 10.0 Å². The molecule has 0 aromatic heterocycles. The summed E-state index contributed by atoms with van der Waals surface area (Å²) < 4.78 is 27.2. The lowest BCUT2D eigenvalue weighted by Crippen LogP contribution is -2.59. The van der Waals surface area contributed by atoms with Crippen LogP contribution in [-0.2, 0) is 10.0 Å². The van der Waals surface area contributed by atoms with Crippen molar-refractivity contribution in [3.05, 3.63) is 29.8 Å². The Kier molecular flexibility index (Phi) is 3.73. The predicted octanol–water partition coefficient (Wildman–Crippen LogP) is 2.83. The van der Waals surface area contributed by atoms with Crippen LogP contribution in [-0.4, -0.2) is 25.9 Å². The van der Waals surface area contributed by atoms with Gasteiger partial charge >= 0.3 is 0 Å². The van der Waals surface area contributed by atoms with Crippen LogP contribution in [0.1, 0.15) is 61.7 Å². The van der Waals surface area contributed by atoms with Crippen LogP contribution in [0.3, 0.4) is 0 Å². The second kappa shape index (κ2) is 5.80. The third-order valence-electron chi connectivity index (χ3n) is 6.74. The first kappa shape index (κ1) is 16.8. The van der Waals surface area contributed by atoms with E-state index in [1.807, 2.05) is 0 Å². The van der Waals surface area contributed by atoms with Crippen molar-refractivity contribution in [2.24, 2.45) is 17.8 Å². The molecule has 5 aliphatic carbocycles. The zero-order valence-corrected chi connectivity index (χ0v) is 15.7. The number of carbonyl (C=O) groups is 1. The quantitative estimate of drug-likeness (QED) is 0.832. The molecule has 4 bridgehead atoms. The summed E-state index contributed by atoms with van der Waals surface area (Å²) >= 11 is 0. The maximum Gasteiger partial charge on any atom is 0.251 e. The molecule has 5 saturated carbocycles. The van der Waals surface area contributed by atoms with Gasteiger partial charge in [-0.05, 0) is 93.4 Å². The highest BCUT2D eigenvalue weighted by Crippen LogP contribution is 2.55. The molecule has 5 fully saturated rings. The molecule has 6 rings (SSSR count). The molecule has 1 aromatic carbocycles. The molecule has 0 unspecified atom stereocenters. The normalized spacial score (nSPS) is 35.5. The average molecular weight is 375 g/mol. The summed E-state index contributed by atoms with van der Waals surface area (Å²) in [6.07, 6.45) is 9.18. The molecular formula is C20H26N2O3S. The van der Waals surface area contributed by atoms with Crippen molar-refractivity contribution >= 4 is 15.9 Å². The fraction of sp³-hybridized carbons (Fsp3) is 0.650. The molecule has 0 heterocycles. The maximum atomic E-state index is 12.8. The molecule has 0 radical (unpaired) electrons. The molecule has 6 heteroatoms. The largest absolute Gasteiger partial charge is 0.347 e. The Bertz CT molecular complexity index is 792. The van der Waals surface area contributed by atoms with Gasteiger partial charge in [0.1, 0.15) is 0 Å². The third-order valence-corrected chi connectivity index (χ3v) is 8.28.